The SMILES string of the molecule is COC(=O)C[C@@H]1SC2=C(C(=O)Nc3ccc(C)cc3)[C@H](c3cccc(F)c3)C(C#N)=C(N)N2C1=O. The van der Waals surface area contributed by atoms with Crippen LogP contribution in [0, 0.1) is 24.1 Å². The molecule has 0 aliphatic carbocycles. The minimum Gasteiger partial charge on any atom is -0.469 e. The van der Waals surface area contributed by atoms with E-state index < -0.39 is 34.8 Å². The van der Waals surface area contributed by atoms with Crippen LogP contribution in [0.25, 0.3) is 0 Å². The van der Waals surface area contributed by atoms with Gasteiger partial charge in [0.2, 0.25) is 5.91 Å². The fourth-order valence-electron chi connectivity index (χ4n) is 4.00. The van der Waals surface area contributed by atoms with Crippen molar-refractivity contribution in [2.45, 2.75) is 24.5 Å². The molecule has 2 amide bonds. The van der Waals surface area contributed by atoms with Gasteiger partial charge in [-0.3, -0.25) is 19.3 Å². The number of carbonyl (C=O) groups excluding carboxylic acids is 3. The molecule has 0 unspecified atom stereocenters. The van der Waals surface area contributed by atoms with Crippen LogP contribution in [0.5, 0.6) is 0 Å². The van der Waals surface area contributed by atoms with Crippen LogP contribution in [0.1, 0.15) is 23.5 Å². The molecule has 2 aromatic rings. The Hall–Kier alpha value is -4.10. The summed E-state index contributed by atoms with van der Waals surface area (Å²) in [6.07, 6.45) is -0.243. The van der Waals surface area contributed by atoms with Crippen LogP contribution in [0.3, 0.4) is 0 Å². The Morgan fingerprint density at radius 3 is 2.60 bits per heavy atom. The first-order chi connectivity index (χ1) is 16.7. The number of anilines is 1. The van der Waals surface area contributed by atoms with Gasteiger partial charge in [-0.15, -0.1) is 0 Å². The second-order valence-corrected chi connectivity index (χ2v) is 9.19. The van der Waals surface area contributed by atoms with Gasteiger partial charge >= 0.3 is 5.97 Å². The lowest BCUT2D eigenvalue weighted by Gasteiger charge is -2.32. The Morgan fingerprint density at radius 2 is 1.97 bits per heavy atom. The van der Waals surface area contributed by atoms with Gasteiger partial charge in [-0.2, -0.15) is 5.26 Å². The lowest BCUT2D eigenvalue weighted by Crippen LogP contribution is -2.39. The van der Waals surface area contributed by atoms with Gasteiger partial charge in [0.05, 0.1) is 41.7 Å². The van der Waals surface area contributed by atoms with Crippen molar-refractivity contribution in [2.75, 3.05) is 12.4 Å². The normalized spacial score (nSPS) is 19.4. The number of nitriles is 1. The van der Waals surface area contributed by atoms with Gasteiger partial charge in [0.15, 0.2) is 0 Å². The maximum atomic E-state index is 14.2. The zero-order chi connectivity index (χ0) is 25.3. The first-order valence-electron chi connectivity index (χ1n) is 10.6. The molecule has 10 heteroatoms. The van der Waals surface area contributed by atoms with Crippen LogP contribution < -0.4 is 11.1 Å². The Balaban J connectivity index is 1.87. The molecule has 1 fully saturated rings. The number of ether oxygens (including phenoxy) is 1. The summed E-state index contributed by atoms with van der Waals surface area (Å²) >= 11 is 0.992. The molecule has 2 heterocycles. The number of nitrogens with one attached hydrogen (secondary N) is 1. The lowest BCUT2D eigenvalue weighted by atomic mass is 9.82. The molecule has 2 atom stereocenters. The number of benzene rings is 2. The van der Waals surface area contributed by atoms with E-state index in [1.165, 1.54) is 25.3 Å². The topological polar surface area (TPSA) is 126 Å². The number of methoxy groups -OCH3 is 1. The number of thioether (sulfide) groups is 1. The summed E-state index contributed by atoms with van der Waals surface area (Å²) in [5, 5.41) is 12.1. The number of aryl methyl sites for hydroxylation is 1. The molecule has 3 N–H and O–H groups in total. The lowest BCUT2D eigenvalue weighted by molar-refractivity contribution is -0.142. The van der Waals surface area contributed by atoms with Gasteiger partial charge in [0.25, 0.3) is 5.91 Å². The van der Waals surface area contributed by atoms with Crippen molar-refractivity contribution in [3.63, 3.8) is 0 Å². The van der Waals surface area contributed by atoms with Gasteiger partial charge < -0.3 is 15.8 Å². The van der Waals surface area contributed by atoms with Crippen molar-refractivity contribution in [2.24, 2.45) is 5.73 Å². The number of hydrogen-bond donors (Lipinski definition) is 2. The van der Waals surface area contributed by atoms with Crippen molar-refractivity contribution in [3.05, 3.63) is 87.5 Å². The molecule has 0 spiro atoms. The minimum absolute atomic E-state index is 0.0626. The van der Waals surface area contributed by atoms with Crippen LogP contribution in [0.2, 0.25) is 0 Å². The number of halogens is 1. The highest BCUT2D eigenvalue weighted by Crippen LogP contribution is 2.50. The average molecular weight is 493 g/mol. The highest BCUT2D eigenvalue weighted by atomic mass is 32.2. The van der Waals surface area contributed by atoms with Crippen molar-refractivity contribution in [1.82, 2.24) is 4.90 Å². The van der Waals surface area contributed by atoms with Gasteiger partial charge in [-0.05, 0) is 36.8 Å². The van der Waals surface area contributed by atoms with E-state index in [1.807, 2.05) is 25.1 Å². The Morgan fingerprint density at radius 1 is 1.26 bits per heavy atom. The van der Waals surface area contributed by atoms with Crippen LogP contribution in [0.4, 0.5) is 10.1 Å². The molecular formula is C25H21FN4O4S. The summed E-state index contributed by atoms with van der Waals surface area (Å²) in [6, 6.07) is 14.6. The molecule has 2 aromatic carbocycles. The van der Waals surface area contributed by atoms with E-state index in [9.17, 15) is 24.0 Å². The van der Waals surface area contributed by atoms with Gasteiger partial charge in [0.1, 0.15) is 16.9 Å². The third-order valence-corrected chi connectivity index (χ3v) is 6.99. The van der Waals surface area contributed by atoms with Crippen molar-refractivity contribution in [3.8, 4) is 6.07 Å². The largest absolute Gasteiger partial charge is 0.469 e. The Bertz CT molecular complexity index is 1330. The number of allylic oxidation sites excluding steroid dienone is 1. The minimum atomic E-state index is -1.02. The monoisotopic (exact) mass is 492 g/mol. The molecule has 1 saturated heterocycles. The summed E-state index contributed by atoms with van der Waals surface area (Å²) < 4.78 is 18.9. The van der Waals surface area contributed by atoms with E-state index in [4.69, 9.17) is 10.5 Å². The summed E-state index contributed by atoms with van der Waals surface area (Å²) in [4.78, 5) is 39.8. The summed E-state index contributed by atoms with van der Waals surface area (Å²) in [6.45, 7) is 1.91. The summed E-state index contributed by atoms with van der Waals surface area (Å²) in [5.41, 5.74) is 8.08. The molecule has 0 bridgehead atoms. The molecular weight excluding hydrogens is 471 g/mol. The number of amides is 2. The van der Waals surface area contributed by atoms with E-state index in [0.717, 1.165) is 22.2 Å². The van der Waals surface area contributed by atoms with Crippen LogP contribution in [-0.2, 0) is 19.1 Å². The number of fused-ring (bicyclic) bond motifs is 1. The molecule has 2 aliphatic rings. The second kappa shape index (κ2) is 9.64. The van der Waals surface area contributed by atoms with Gasteiger partial charge in [0, 0.05) is 5.69 Å². The van der Waals surface area contributed by atoms with E-state index in [1.54, 1.807) is 18.2 Å². The molecule has 2 aliphatic heterocycles. The first kappa shape index (κ1) is 24.0. The molecule has 0 aromatic heterocycles. The fourth-order valence-corrected chi connectivity index (χ4v) is 5.33. The molecule has 8 nitrogen and oxygen atoms in total. The molecule has 0 radical (unpaired) electrons. The quantitative estimate of drug-likeness (QED) is 0.614. The second-order valence-electron chi connectivity index (χ2n) is 8.00. The predicted molar refractivity (Wildman–Crippen MR) is 128 cm³/mol. The zero-order valence-corrected chi connectivity index (χ0v) is 19.7. The zero-order valence-electron chi connectivity index (χ0n) is 18.9. The highest BCUT2D eigenvalue weighted by molar-refractivity contribution is 8.04. The third kappa shape index (κ3) is 4.50. The highest BCUT2D eigenvalue weighted by Gasteiger charge is 2.48. The first-order valence-corrected chi connectivity index (χ1v) is 11.5. The van der Waals surface area contributed by atoms with Crippen molar-refractivity contribution < 1.29 is 23.5 Å². The third-order valence-electron chi connectivity index (χ3n) is 5.71. The number of hydrogen-bond acceptors (Lipinski definition) is 7. The van der Waals surface area contributed by atoms with E-state index in [2.05, 4.69) is 5.32 Å². The Labute approximate surface area is 205 Å². The molecule has 178 valence electrons. The summed E-state index contributed by atoms with van der Waals surface area (Å²) in [7, 11) is 1.21. The van der Waals surface area contributed by atoms with Crippen LogP contribution >= 0.6 is 11.8 Å². The van der Waals surface area contributed by atoms with Gasteiger partial charge in [-0.1, -0.05) is 41.6 Å². The number of esters is 1. The fraction of sp³-hybridized carbons (Fsp3) is 0.200. The number of nitrogens with two attached hydrogens (primary N) is 1. The van der Waals surface area contributed by atoms with Crippen molar-refractivity contribution in [1.29, 1.82) is 5.26 Å². The molecule has 35 heavy (non-hydrogen) atoms. The van der Waals surface area contributed by atoms with Gasteiger partial charge in [-0.25, -0.2) is 4.39 Å². The standard InChI is InChI=1S/C25H21FN4O4S/c1-13-6-8-16(9-7-13)29-23(32)21-20(14-4-3-5-15(26)10-14)17(12-27)22(28)30-24(33)18(35-25(21)30)11-19(31)34-2/h3-10,18,20H,11,28H2,1-2H3,(H,29,32)/t18-,20+/m0/s1. The maximum Gasteiger partial charge on any atom is 0.307 e. The molecule has 0 saturated carbocycles. The van der Waals surface area contributed by atoms with E-state index in [0.29, 0.717) is 11.3 Å². The number of carbonyl (C=O) groups is 3. The summed E-state index contributed by atoms with van der Waals surface area (Å²) in [5.74, 6) is -3.46. The van der Waals surface area contributed by atoms with Crippen molar-refractivity contribution >= 4 is 35.2 Å². The van der Waals surface area contributed by atoms with Crippen LogP contribution in [0.15, 0.2) is 70.5 Å². The predicted octanol–water partition coefficient (Wildman–Crippen LogP) is 3.28. The smallest absolute Gasteiger partial charge is 0.307 e. The number of nitrogens with zero attached hydrogens (tertiary/aromatic N) is 2. The van der Waals surface area contributed by atoms with E-state index >= 15 is 0 Å². The Kier molecular flexibility index (Phi) is 6.62. The number of rotatable bonds is 5. The maximum absolute atomic E-state index is 14.2. The van der Waals surface area contributed by atoms with E-state index in [-0.39, 0.29) is 28.4 Å². The molecule has 4 rings (SSSR count). The van der Waals surface area contributed by atoms with Crippen LogP contribution in [-0.4, -0.2) is 35.0 Å². The average Bonchev–Trinajstić information content (AvgIpc) is 3.15.